The zero-order valence-corrected chi connectivity index (χ0v) is 19.6. The van der Waals surface area contributed by atoms with Crippen LogP contribution in [-0.2, 0) is 22.6 Å². The van der Waals surface area contributed by atoms with Crippen LogP contribution in [0.2, 0.25) is 0 Å². The largest absolute Gasteiger partial charge is 0.497 e. The van der Waals surface area contributed by atoms with E-state index in [1.807, 2.05) is 44.2 Å². The van der Waals surface area contributed by atoms with Gasteiger partial charge in [0.15, 0.2) is 12.4 Å². The van der Waals surface area contributed by atoms with E-state index in [1.165, 1.54) is 0 Å². The maximum atomic E-state index is 12.5. The number of fused-ring (bicyclic) bond motifs is 1. The van der Waals surface area contributed by atoms with Crippen molar-refractivity contribution >= 4 is 34.5 Å². The minimum atomic E-state index is -0.508. The van der Waals surface area contributed by atoms with Gasteiger partial charge in [0.05, 0.1) is 7.11 Å². The molecule has 0 saturated heterocycles. The summed E-state index contributed by atoms with van der Waals surface area (Å²) in [4.78, 5) is 37.2. The molecule has 4 rings (SSSR count). The second kappa shape index (κ2) is 10.2. The number of esters is 1. The summed E-state index contributed by atoms with van der Waals surface area (Å²) in [6, 6.07) is 12.9. The van der Waals surface area contributed by atoms with Gasteiger partial charge < -0.3 is 24.9 Å². The van der Waals surface area contributed by atoms with Gasteiger partial charge in [-0.1, -0.05) is 18.2 Å². The van der Waals surface area contributed by atoms with Crippen molar-refractivity contribution in [3.63, 3.8) is 0 Å². The van der Waals surface area contributed by atoms with E-state index < -0.39 is 11.6 Å². The molecule has 2 aromatic heterocycles. The number of nitrogens with two attached hydrogens (primary N) is 1. The molecule has 0 radical (unpaired) electrons. The van der Waals surface area contributed by atoms with Crippen molar-refractivity contribution in [3.05, 3.63) is 75.4 Å². The third-order valence-electron chi connectivity index (χ3n) is 5.53. The lowest BCUT2D eigenvalue weighted by Crippen LogP contribution is -2.15. The van der Waals surface area contributed by atoms with Gasteiger partial charge in [-0.25, -0.2) is 4.79 Å². The molecule has 3 N–H and O–H groups in total. The van der Waals surface area contributed by atoms with E-state index in [2.05, 4.69) is 20.3 Å². The van der Waals surface area contributed by atoms with E-state index in [0.717, 1.165) is 22.2 Å². The number of methoxy groups -OCH3 is 1. The third kappa shape index (κ3) is 5.55. The lowest BCUT2D eigenvalue weighted by atomic mass is 10.0. The molecule has 0 unspecified atom stereocenters. The van der Waals surface area contributed by atoms with Gasteiger partial charge in [0.25, 0.3) is 0 Å². The second-order valence-corrected chi connectivity index (χ2v) is 7.89. The highest BCUT2D eigenvalue weighted by atomic mass is 16.5. The molecule has 2 aromatic carbocycles. The van der Waals surface area contributed by atoms with E-state index in [0.29, 0.717) is 16.9 Å². The van der Waals surface area contributed by atoms with Crippen LogP contribution in [-0.4, -0.2) is 28.0 Å². The summed E-state index contributed by atoms with van der Waals surface area (Å²) in [7, 11) is 1.54. The minimum absolute atomic E-state index is 0.00293. The summed E-state index contributed by atoms with van der Waals surface area (Å²) >= 11 is 0. The SMILES string of the molecule is COc1ccc2c(C)c(CCC(=O)OCc3nc(N)nc(Nc4ccccc4C)n3)c(=O)oc2c1. The molecule has 0 aliphatic heterocycles. The van der Waals surface area contributed by atoms with Crippen molar-refractivity contribution in [2.45, 2.75) is 33.3 Å². The first kappa shape index (κ1) is 23.7. The first-order valence-electron chi connectivity index (χ1n) is 10.9. The first-order chi connectivity index (χ1) is 16.8. The molecule has 180 valence electrons. The van der Waals surface area contributed by atoms with E-state index >= 15 is 0 Å². The van der Waals surface area contributed by atoms with E-state index in [9.17, 15) is 9.59 Å². The highest BCUT2D eigenvalue weighted by Gasteiger charge is 2.15. The number of nitrogens with zero attached hydrogens (tertiary/aromatic N) is 3. The van der Waals surface area contributed by atoms with Gasteiger partial charge >= 0.3 is 11.6 Å². The molecule has 0 aliphatic rings. The number of nitrogen functional groups attached to an aromatic ring is 1. The fraction of sp³-hybridized carbons (Fsp3) is 0.240. The van der Waals surface area contributed by atoms with Crippen molar-refractivity contribution in [2.24, 2.45) is 0 Å². The Labute approximate surface area is 201 Å². The number of carbonyl (C=O) groups is 1. The topological polar surface area (TPSA) is 142 Å². The number of benzene rings is 2. The van der Waals surface area contributed by atoms with Gasteiger partial charge in [-0.3, -0.25) is 4.79 Å². The van der Waals surface area contributed by atoms with Crippen LogP contribution < -0.4 is 21.4 Å². The van der Waals surface area contributed by atoms with Crippen LogP contribution in [0.1, 0.15) is 28.9 Å². The number of nitrogens with one attached hydrogen (secondary N) is 1. The molecule has 0 saturated carbocycles. The zero-order chi connectivity index (χ0) is 24.9. The van der Waals surface area contributed by atoms with Crippen LogP contribution in [0.4, 0.5) is 17.6 Å². The molecule has 0 amide bonds. The van der Waals surface area contributed by atoms with Crippen LogP contribution in [0, 0.1) is 13.8 Å². The number of para-hydroxylation sites is 1. The Morgan fingerprint density at radius 2 is 1.91 bits per heavy atom. The molecule has 10 nitrogen and oxygen atoms in total. The maximum Gasteiger partial charge on any atom is 0.339 e. The molecule has 2 heterocycles. The van der Waals surface area contributed by atoms with Gasteiger partial charge in [-0.2, -0.15) is 15.0 Å². The molecule has 4 aromatic rings. The predicted octanol–water partition coefficient (Wildman–Crippen LogP) is 3.61. The lowest BCUT2D eigenvalue weighted by molar-refractivity contribution is -0.145. The summed E-state index contributed by atoms with van der Waals surface area (Å²) in [6.45, 7) is 3.59. The van der Waals surface area contributed by atoms with Gasteiger partial charge in [-0.05, 0) is 49.6 Å². The molecular weight excluding hydrogens is 450 g/mol. The summed E-state index contributed by atoms with van der Waals surface area (Å²) in [5.74, 6) is 0.540. The number of rotatable bonds is 8. The Kier molecular flexibility index (Phi) is 6.91. The monoisotopic (exact) mass is 475 g/mol. The van der Waals surface area contributed by atoms with Crippen molar-refractivity contribution in [2.75, 3.05) is 18.2 Å². The van der Waals surface area contributed by atoms with Crippen LogP contribution >= 0.6 is 0 Å². The van der Waals surface area contributed by atoms with Gasteiger partial charge in [0.1, 0.15) is 11.3 Å². The number of hydrogen-bond donors (Lipinski definition) is 2. The normalized spacial score (nSPS) is 10.8. The number of carbonyl (C=O) groups excluding carboxylic acids is 1. The molecule has 0 fully saturated rings. The van der Waals surface area contributed by atoms with Crippen molar-refractivity contribution in [1.82, 2.24) is 15.0 Å². The zero-order valence-electron chi connectivity index (χ0n) is 19.6. The first-order valence-corrected chi connectivity index (χ1v) is 10.9. The summed E-state index contributed by atoms with van der Waals surface area (Å²) in [5.41, 5.74) is 8.74. The third-order valence-corrected chi connectivity index (χ3v) is 5.53. The highest BCUT2D eigenvalue weighted by Crippen LogP contribution is 2.24. The smallest absolute Gasteiger partial charge is 0.339 e. The van der Waals surface area contributed by atoms with Crippen LogP contribution in [0.3, 0.4) is 0 Å². The Hall–Kier alpha value is -4.47. The van der Waals surface area contributed by atoms with E-state index in [4.69, 9.17) is 19.6 Å². The van der Waals surface area contributed by atoms with Crippen LogP contribution in [0.5, 0.6) is 5.75 Å². The van der Waals surface area contributed by atoms with Crippen molar-refractivity contribution < 1.29 is 18.7 Å². The van der Waals surface area contributed by atoms with Crippen molar-refractivity contribution in [1.29, 1.82) is 0 Å². The summed E-state index contributed by atoms with van der Waals surface area (Å²) in [5, 5.41) is 3.87. The Bertz CT molecular complexity index is 1450. The average molecular weight is 476 g/mol. The number of aryl methyl sites for hydroxylation is 2. The predicted molar refractivity (Wildman–Crippen MR) is 131 cm³/mol. The molecule has 0 aliphatic carbocycles. The molecule has 10 heteroatoms. The van der Waals surface area contributed by atoms with E-state index in [1.54, 1.807) is 19.2 Å². The molecular formula is C25H25N5O5. The van der Waals surface area contributed by atoms with Crippen LogP contribution in [0.25, 0.3) is 11.0 Å². The molecule has 0 spiro atoms. The Balaban J connectivity index is 1.40. The van der Waals surface area contributed by atoms with Crippen LogP contribution in [0.15, 0.2) is 51.7 Å². The second-order valence-electron chi connectivity index (χ2n) is 7.89. The fourth-order valence-electron chi connectivity index (χ4n) is 3.63. The van der Waals surface area contributed by atoms with E-state index in [-0.39, 0.29) is 37.2 Å². The molecule has 0 bridgehead atoms. The minimum Gasteiger partial charge on any atom is -0.497 e. The standard InChI is InChI=1S/C25H25N5O5/c1-14-6-4-5-7-19(14)27-25-29-21(28-24(26)30-25)13-34-22(31)11-10-18-15(2)17-9-8-16(33-3)12-20(17)35-23(18)32/h4-9,12H,10-11,13H2,1-3H3,(H3,26,27,28,29,30). The maximum absolute atomic E-state index is 12.5. The number of hydrogen-bond acceptors (Lipinski definition) is 10. The molecule has 35 heavy (non-hydrogen) atoms. The number of anilines is 3. The van der Waals surface area contributed by atoms with Gasteiger partial charge in [0, 0.05) is 29.1 Å². The number of ether oxygens (including phenoxy) is 2. The highest BCUT2D eigenvalue weighted by molar-refractivity contribution is 5.82. The molecule has 0 atom stereocenters. The average Bonchev–Trinajstić information content (AvgIpc) is 2.83. The summed E-state index contributed by atoms with van der Waals surface area (Å²) < 4.78 is 15.9. The van der Waals surface area contributed by atoms with Gasteiger partial charge in [-0.15, -0.1) is 0 Å². The van der Waals surface area contributed by atoms with Gasteiger partial charge in [0.2, 0.25) is 11.9 Å². The Morgan fingerprint density at radius 1 is 1.11 bits per heavy atom. The quantitative estimate of drug-likeness (QED) is 0.286. The summed E-state index contributed by atoms with van der Waals surface area (Å²) in [6.07, 6.45) is 0.163. The fourth-order valence-corrected chi connectivity index (χ4v) is 3.63. The van der Waals surface area contributed by atoms with Crippen molar-refractivity contribution in [3.8, 4) is 5.75 Å². The Morgan fingerprint density at radius 3 is 2.69 bits per heavy atom. The lowest BCUT2D eigenvalue weighted by Gasteiger charge is -2.10. The number of aromatic nitrogens is 3.